The summed E-state index contributed by atoms with van der Waals surface area (Å²) in [5.41, 5.74) is 5.26. The molecule has 2 aromatic heterocycles. The Morgan fingerprint density at radius 3 is 1.58 bits per heavy atom. The van der Waals surface area contributed by atoms with Gasteiger partial charge in [0.15, 0.2) is 0 Å². The fourth-order valence-electron chi connectivity index (χ4n) is 3.65. The van der Waals surface area contributed by atoms with Crippen molar-refractivity contribution in [3.05, 3.63) is 68.9 Å². The fraction of sp³-hybridized carbons (Fsp3) is 0.200. The molecule has 122 valence electrons. The van der Waals surface area contributed by atoms with E-state index in [4.69, 9.17) is 0 Å². The molecule has 0 unspecified atom stereocenters. The molecule has 0 amide bonds. The van der Waals surface area contributed by atoms with Crippen molar-refractivity contribution in [3.63, 3.8) is 0 Å². The van der Waals surface area contributed by atoms with Crippen LogP contribution in [0.25, 0.3) is 21.8 Å². The van der Waals surface area contributed by atoms with Crippen LogP contribution in [-0.4, -0.2) is 9.13 Å². The molecule has 0 atom stereocenters. The quantitative estimate of drug-likeness (QED) is 0.340. The van der Waals surface area contributed by atoms with Gasteiger partial charge in [0.1, 0.15) is 0 Å². The molecule has 0 saturated heterocycles. The normalized spacial score (nSPS) is 11.9. The van der Waals surface area contributed by atoms with Gasteiger partial charge in [-0.3, -0.25) is 0 Å². The van der Waals surface area contributed by atoms with Crippen molar-refractivity contribution in [2.75, 3.05) is 0 Å². The van der Waals surface area contributed by atoms with Gasteiger partial charge in [-0.1, -0.05) is 38.8 Å². The van der Waals surface area contributed by atoms with Crippen molar-refractivity contribution in [3.8, 4) is 0 Å². The molecule has 2 aromatic carbocycles. The molecular formula is C20H18Br2N2. The molecule has 4 heteroatoms. The molecule has 0 bridgehead atoms. The number of halogens is 2. The third kappa shape index (κ3) is 2.44. The first kappa shape index (κ1) is 16.0. The van der Waals surface area contributed by atoms with Gasteiger partial charge in [-0.05, 0) is 47.5 Å². The van der Waals surface area contributed by atoms with E-state index < -0.39 is 0 Å². The van der Waals surface area contributed by atoms with Crippen LogP contribution in [0.3, 0.4) is 0 Å². The van der Waals surface area contributed by atoms with Crippen LogP contribution in [-0.2, 0) is 14.1 Å². The van der Waals surface area contributed by atoms with Crippen molar-refractivity contribution in [1.82, 2.24) is 9.13 Å². The molecule has 0 aliphatic heterocycles. The fourth-order valence-corrected chi connectivity index (χ4v) is 4.37. The van der Waals surface area contributed by atoms with Gasteiger partial charge in [-0.25, -0.2) is 0 Å². The van der Waals surface area contributed by atoms with Crippen LogP contribution in [0.2, 0.25) is 0 Å². The maximum Gasteiger partial charge on any atom is 0.0481 e. The van der Waals surface area contributed by atoms with E-state index >= 15 is 0 Å². The first-order valence-electron chi connectivity index (χ1n) is 7.94. The highest BCUT2D eigenvalue weighted by Crippen LogP contribution is 2.37. The maximum atomic E-state index is 3.62. The lowest BCUT2D eigenvalue weighted by molar-refractivity contribution is 0.886. The molecule has 24 heavy (non-hydrogen) atoms. The number of nitrogens with zero attached hydrogens (tertiary/aromatic N) is 2. The third-order valence-electron chi connectivity index (χ3n) is 4.90. The van der Waals surface area contributed by atoms with Gasteiger partial charge in [0.05, 0.1) is 0 Å². The number of fused-ring (bicyclic) bond motifs is 2. The highest BCUT2D eigenvalue weighted by atomic mass is 79.9. The summed E-state index contributed by atoms with van der Waals surface area (Å²) in [7, 11) is 4.23. The van der Waals surface area contributed by atoms with Crippen molar-refractivity contribution in [2.45, 2.75) is 12.8 Å². The number of hydrogen-bond acceptors (Lipinski definition) is 0. The van der Waals surface area contributed by atoms with E-state index in [1.54, 1.807) is 0 Å². The Morgan fingerprint density at radius 1 is 0.750 bits per heavy atom. The minimum absolute atomic E-state index is 0.320. The van der Waals surface area contributed by atoms with E-state index in [1.807, 2.05) is 0 Å². The van der Waals surface area contributed by atoms with Gasteiger partial charge in [0.2, 0.25) is 0 Å². The predicted molar refractivity (Wildman–Crippen MR) is 109 cm³/mol. The summed E-state index contributed by atoms with van der Waals surface area (Å²) in [6.07, 6.45) is 4.52. The largest absolute Gasteiger partial charge is 0.350 e. The first-order chi connectivity index (χ1) is 11.5. The lowest BCUT2D eigenvalue weighted by Crippen LogP contribution is -1.94. The van der Waals surface area contributed by atoms with Crippen molar-refractivity contribution >= 4 is 53.7 Å². The van der Waals surface area contributed by atoms with Gasteiger partial charge in [-0.15, -0.1) is 0 Å². The molecule has 0 radical (unpaired) electrons. The lowest BCUT2D eigenvalue weighted by Gasteiger charge is -2.10. The Morgan fingerprint density at radius 2 is 1.17 bits per heavy atom. The molecule has 0 spiro atoms. The summed E-state index contributed by atoms with van der Waals surface area (Å²) < 4.78 is 6.68. The number of rotatable bonds is 2. The number of aromatic nitrogens is 2. The van der Waals surface area contributed by atoms with Crippen molar-refractivity contribution in [1.29, 1.82) is 0 Å². The molecule has 0 fully saturated rings. The molecule has 0 aliphatic rings. The Hall–Kier alpha value is -1.52. The second kappa shape index (κ2) is 5.78. The predicted octanol–water partition coefficient (Wildman–Crippen LogP) is 6.35. The van der Waals surface area contributed by atoms with E-state index in [0.717, 1.165) is 8.95 Å². The Labute approximate surface area is 158 Å². The third-order valence-corrected chi connectivity index (χ3v) is 5.88. The standard InChI is InChI=1S/C20H18Br2N2/c1-12(17-10-23(2)19-6-4-13(21)8-15(17)19)18-11-24(3)20-7-5-14(22)9-16(18)20/h4-12H,1-3H3. The van der Waals surface area contributed by atoms with E-state index in [0.29, 0.717) is 5.92 Å². The molecule has 4 rings (SSSR count). The van der Waals surface area contributed by atoms with Crippen molar-refractivity contribution < 1.29 is 0 Å². The monoisotopic (exact) mass is 444 g/mol. The number of aryl methyl sites for hydroxylation is 2. The highest BCUT2D eigenvalue weighted by molar-refractivity contribution is 9.10. The number of hydrogen-bond donors (Lipinski definition) is 0. The smallest absolute Gasteiger partial charge is 0.0481 e. The highest BCUT2D eigenvalue weighted by Gasteiger charge is 2.19. The zero-order chi connectivity index (χ0) is 17.0. The van der Waals surface area contributed by atoms with Crippen LogP contribution in [0.5, 0.6) is 0 Å². The van der Waals surface area contributed by atoms with Crippen LogP contribution in [0.4, 0.5) is 0 Å². The summed E-state index contributed by atoms with van der Waals surface area (Å²) in [5.74, 6) is 0.320. The Kier molecular flexibility index (Phi) is 3.85. The zero-order valence-corrected chi connectivity index (χ0v) is 17.0. The SMILES string of the molecule is CC(c1cn(C)c2ccc(Br)cc12)c1cn(C)c2ccc(Br)cc12. The summed E-state index contributed by atoms with van der Waals surface area (Å²) in [6.45, 7) is 2.30. The molecule has 2 heterocycles. The molecule has 4 aromatic rings. The molecule has 0 N–H and O–H groups in total. The van der Waals surface area contributed by atoms with Crippen LogP contribution >= 0.6 is 31.9 Å². The Balaban J connectivity index is 1.95. The van der Waals surface area contributed by atoms with E-state index in [2.05, 4.69) is 111 Å². The Bertz CT molecular complexity index is 986. The first-order valence-corrected chi connectivity index (χ1v) is 9.53. The summed E-state index contributed by atoms with van der Waals surface area (Å²) in [4.78, 5) is 0. The average molecular weight is 446 g/mol. The van der Waals surface area contributed by atoms with Crippen LogP contribution in [0.1, 0.15) is 24.0 Å². The molecule has 0 saturated carbocycles. The average Bonchev–Trinajstić information content (AvgIpc) is 3.04. The minimum Gasteiger partial charge on any atom is -0.350 e. The van der Waals surface area contributed by atoms with Crippen LogP contribution in [0, 0.1) is 0 Å². The second-order valence-corrected chi connectivity index (χ2v) is 8.27. The molecule has 2 nitrogen and oxygen atoms in total. The van der Waals surface area contributed by atoms with Crippen LogP contribution in [0.15, 0.2) is 57.7 Å². The minimum atomic E-state index is 0.320. The van der Waals surface area contributed by atoms with E-state index in [9.17, 15) is 0 Å². The second-order valence-electron chi connectivity index (χ2n) is 6.44. The van der Waals surface area contributed by atoms with Gasteiger partial charge < -0.3 is 9.13 Å². The summed E-state index contributed by atoms with van der Waals surface area (Å²) in [6, 6.07) is 13.0. The zero-order valence-electron chi connectivity index (χ0n) is 13.8. The van der Waals surface area contributed by atoms with Gasteiger partial charge in [0, 0.05) is 63.2 Å². The van der Waals surface area contributed by atoms with Crippen molar-refractivity contribution in [2.24, 2.45) is 14.1 Å². The van der Waals surface area contributed by atoms with Gasteiger partial charge in [-0.2, -0.15) is 0 Å². The maximum absolute atomic E-state index is 3.62. The number of benzene rings is 2. The van der Waals surface area contributed by atoms with E-state index in [-0.39, 0.29) is 0 Å². The van der Waals surface area contributed by atoms with E-state index in [1.165, 1.54) is 32.9 Å². The van der Waals surface area contributed by atoms with Gasteiger partial charge >= 0.3 is 0 Å². The lowest BCUT2D eigenvalue weighted by atomic mass is 9.92. The summed E-state index contributed by atoms with van der Waals surface area (Å²) in [5, 5.41) is 2.62. The summed E-state index contributed by atoms with van der Waals surface area (Å²) >= 11 is 7.23. The topological polar surface area (TPSA) is 9.86 Å². The molecule has 0 aliphatic carbocycles. The van der Waals surface area contributed by atoms with Crippen LogP contribution < -0.4 is 0 Å². The van der Waals surface area contributed by atoms with Gasteiger partial charge in [0.25, 0.3) is 0 Å². The molecular weight excluding hydrogens is 428 g/mol.